The Labute approximate surface area is 222 Å². The molecule has 5 rings (SSSR count). The summed E-state index contributed by atoms with van der Waals surface area (Å²) in [5, 5.41) is 15.3. The van der Waals surface area contributed by atoms with Crippen molar-refractivity contribution in [3.05, 3.63) is 71.5 Å². The van der Waals surface area contributed by atoms with Gasteiger partial charge < -0.3 is 28.7 Å². The van der Waals surface area contributed by atoms with E-state index in [9.17, 15) is 9.50 Å². The molecule has 3 aromatic rings. The zero-order valence-corrected chi connectivity index (χ0v) is 21.6. The van der Waals surface area contributed by atoms with E-state index in [0.29, 0.717) is 64.1 Å². The summed E-state index contributed by atoms with van der Waals surface area (Å²) in [6, 6.07) is 16.2. The second kappa shape index (κ2) is 13.3. The van der Waals surface area contributed by atoms with E-state index in [1.807, 2.05) is 30.3 Å². The van der Waals surface area contributed by atoms with Crippen LogP contribution in [-0.2, 0) is 27.4 Å². The number of halogens is 1. The standard InChI is InChI=1S/C29H36FN3O5/c30-24-10-8-23(9-11-24)28-27(29(38-31-28)33-12-15-35-16-13-33)19-32(18-26-7-4-14-37-26)17-25(34)21-36-20-22-5-2-1-3-6-22/h1-3,5-6,8-11,25-26,34H,4,7,12-21H2/t25-,26-/m0/s1. The molecule has 0 unspecified atom stereocenters. The van der Waals surface area contributed by atoms with E-state index in [-0.39, 0.29) is 18.5 Å². The van der Waals surface area contributed by atoms with Crippen molar-refractivity contribution in [1.82, 2.24) is 10.1 Å². The topological polar surface area (TPSA) is 80.4 Å². The van der Waals surface area contributed by atoms with Gasteiger partial charge in [0, 0.05) is 44.9 Å². The predicted molar refractivity (Wildman–Crippen MR) is 141 cm³/mol. The number of aliphatic hydroxyl groups excluding tert-OH is 1. The van der Waals surface area contributed by atoms with Gasteiger partial charge in [0.05, 0.1) is 44.2 Å². The van der Waals surface area contributed by atoms with Gasteiger partial charge >= 0.3 is 0 Å². The average Bonchev–Trinajstić information content (AvgIpc) is 3.60. The zero-order valence-electron chi connectivity index (χ0n) is 21.6. The highest BCUT2D eigenvalue weighted by Crippen LogP contribution is 2.33. The number of anilines is 1. The van der Waals surface area contributed by atoms with Crippen LogP contribution in [0.3, 0.4) is 0 Å². The lowest BCUT2D eigenvalue weighted by atomic mass is 10.1. The molecule has 0 bridgehead atoms. The average molecular weight is 526 g/mol. The van der Waals surface area contributed by atoms with Crippen molar-refractivity contribution in [2.75, 3.05) is 57.5 Å². The smallest absolute Gasteiger partial charge is 0.232 e. The minimum absolute atomic E-state index is 0.105. The normalized spacial score (nSPS) is 18.8. The quantitative estimate of drug-likeness (QED) is 0.382. The van der Waals surface area contributed by atoms with Crippen LogP contribution in [0.2, 0.25) is 0 Å². The van der Waals surface area contributed by atoms with Gasteiger partial charge in [0.25, 0.3) is 0 Å². The van der Waals surface area contributed by atoms with Crippen LogP contribution in [0.4, 0.5) is 10.3 Å². The molecular formula is C29H36FN3O5. The summed E-state index contributed by atoms with van der Waals surface area (Å²) in [5.74, 6) is 0.394. The van der Waals surface area contributed by atoms with Crippen LogP contribution >= 0.6 is 0 Å². The molecule has 2 aliphatic rings. The molecule has 0 radical (unpaired) electrons. The fourth-order valence-corrected chi connectivity index (χ4v) is 5.03. The molecule has 2 fully saturated rings. The Morgan fingerprint density at radius 3 is 2.61 bits per heavy atom. The maximum absolute atomic E-state index is 13.7. The van der Waals surface area contributed by atoms with Gasteiger partial charge in [0.1, 0.15) is 11.5 Å². The molecule has 2 aliphatic heterocycles. The first-order chi connectivity index (χ1) is 18.7. The molecule has 38 heavy (non-hydrogen) atoms. The van der Waals surface area contributed by atoms with Crippen molar-refractivity contribution in [3.8, 4) is 11.3 Å². The highest BCUT2D eigenvalue weighted by atomic mass is 19.1. The Morgan fingerprint density at radius 1 is 1.08 bits per heavy atom. The van der Waals surface area contributed by atoms with Crippen molar-refractivity contribution < 1.29 is 28.2 Å². The Balaban J connectivity index is 1.34. The van der Waals surface area contributed by atoms with E-state index >= 15 is 0 Å². The molecule has 2 saturated heterocycles. The highest BCUT2D eigenvalue weighted by molar-refractivity contribution is 5.68. The van der Waals surface area contributed by atoms with E-state index in [1.54, 1.807) is 12.1 Å². The zero-order chi connectivity index (χ0) is 26.2. The number of benzene rings is 2. The second-order valence-electron chi connectivity index (χ2n) is 9.90. The largest absolute Gasteiger partial charge is 0.389 e. The van der Waals surface area contributed by atoms with Crippen LogP contribution in [0, 0.1) is 5.82 Å². The fourth-order valence-electron chi connectivity index (χ4n) is 5.03. The molecule has 0 aliphatic carbocycles. The van der Waals surface area contributed by atoms with Crippen LogP contribution in [0.15, 0.2) is 59.1 Å². The summed E-state index contributed by atoms with van der Waals surface area (Å²) in [5.41, 5.74) is 3.44. The van der Waals surface area contributed by atoms with Gasteiger partial charge in [-0.3, -0.25) is 4.90 Å². The molecule has 2 aromatic carbocycles. The predicted octanol–water partition coefficient (Wildman–Crippen LogP) is 3.88. The van der Waals surface area contributed by atoms with Crippen molar-refractivity contribution in [3.63, 3.8) is 0 Å². The first kappa shape index (κ1) is 26.8. The third-order valence-corrected chi connectivity index (χ3v) is 6.94. The van der Waals surface area contributed by atoms with Crippen LogP contribution in [-0.4, -0.2) is 80.0 Å². The van der Waals surface area contributed by atoms with Crippen molar-refractivity contribution >= 4 is 5.88 Å². The Hall–Kier alpha value is -2.82. The van der Waals surface area contributed by atoms with Gasteiger partial charge in [0.15, 0.2) is 0 Å². The third-order valence-electron chi connectivity index (χ3n) is 6.94. The van der Waals surface area contributed by atoms with E-state index in [2.05, 4.69) is 15.0 Å². The molecule has 2 atom stereocenters. The van der Waals surface area contributed by atoms with Crippen LogP contribution in [0.1, 0.15) is 24.0 Å². The highest BCUT2D eigenvalue weighted by Gasteiger charge is 2.28. The number of nitrogens with zero attached hydrogens (tertiary/aromatic N) is 3. The van der Waals surface area contributed by atoms with Gasteiger partial charge in [-0.05, 0) is 42.7 Å². The molecule has 9 heteroatoms. The Kier molecular flexibility index (Phi) is 9.37. The number of aromatic nitrogens is 1. The van der Waals surface area contributed by atoms with Gasteiger partial charge in [-0.1, -0.05) is 35.5 Å². The maximum Gasteiger partial charge on any atom is 0.232 e. The SMILES string of the molecule is O[C@H](COCc1ccccc1)CN(Cc1c(-c2ccc(F)cc2)noc1N1CCOCC1)C[C@@H]1CCCO1. The van der Waals surface area contributed by atoms with Crippen molar-refractivity contribution in [1.29, 1.82) is 0 Å². The number of rotatable bonds is 12. The molecule has 1 N–H and O–H groups in total. The van der Waals surface area contributed by atoms with Crippen LogP contribution in [0.25, 0.3) is 11.3 Å². The summed E-state index contributed by atoms with van der Waals surface area (Å²) >= 11 is 0. The Morgan fingerprint density at radius 2 is 1.87 bits per heavy atom. The summed E-state index contributed by atoms with van der Waals surface area (Å²) in [6.45, 7) is 5.64. The first-order valence-electron chi connectivity index (χ1n) is 13.4. The van der Waals surface area contributed by atoms with E-state index < -0.39 is 6.10 Å². The molecule has 3 heterocycles. The minimum atomic E-state index is -0.680. The second-order valence-corrected chi connectivity index (χ2v) is 9.90. The van der Waals surface area contributed by atoms with Crippen LogP contribution in [0.5, 0.6) is 0 Å². The minimum Gasteiger partial charge on any atom is -0.389 e. The van der Waals surface area contributed by atoms with Gasteiger partial charge in [-0.2, -0.15) is 0 Å². The fraction of sp³-hybridized carbons (Fsp3) is 0.483. The lowest BCUT2D eigenvalue weighted by molar-refractivity contribution is -0.00286. The molecule has 1 aromatic heterocycles. The summed E-state index contributed by atoms with van der Waals surface area (Å²) < 4.78 is 36.8. The van der Waals surface area contributed by atoms with Gasteiger partial charge in [0.2, 0.25) is 5.88 Å². The number of ether oxygens (including phenoxy) is 3. The van der Waals surface area contributed by atoms with Crippen molar-refractivity contribution in [2.45, 2.75) is 38.2 Å². The molecular weight excluding hydrogens is 489 g/mol. The number of hydrogen-bond acceptors (Lipinski definition) is 8. The molecule has 0 amide bonds. The van der Waals surface area contributed by atoms with E-state index in [1.165, 1.54) is 12.1 Å². The summed E-state index contributed by atoms with van der Waals surface area (Å²) in [6.07, 6.45) is 1.45. The molecule has 8 nitrogen and oxygen atoms in total. The third kappa shape index (κ3) is 7.18. The monoisotopic (exact) mass is 525 g/mol. The van der Waals surface area contributed by atoms with Gasteiger partial charge in [-0.25, -0.2) is 4.39 Å². The molecule has 0 saturated carbocycles. The Bertz CT molecular complexity index is 1120. The lowest BCUT2D eigenvalue weighted by Gasteiger charge is -2.30. The molecule has 204 valence electrons. The lowest BCUT2D eigenvalue weighted by Crippen LogP contribution is -2.40. The number of morpholine rings is 1. The summed E-state index contributed by atoms with van der Waals surface area (Å²) in [7, 11) is 0. The molecule has 0 spiro atoms. The first-order valence-corrected chi connectivity index (χ1v) is 13.4. The number of aliphatic hydroxyl groups is 1. The van der Waals surface area contributed by atoms with Crippen LogP contribution < -0.4 is 4.90 Å². The van der Waals surface area contributed by atoms with Gasteiger partial charge in [-0.15, -0.1) is 0 Å². The maximum atomic E-state index is 13.7. The number of hydrogen-bond donors (Lipinski definition) is 1. The van der Waals surface area contributed by atoms with Crippen molar-refractivity contribution in [2.24, 2.45) is 0 Å². The summed E-state index contributed by atoms with van der Waals surface area (Å²) in [4.78, 5) is 4.33. The van der Waals surface area contributed by atoms with E-state index in [4.69, 9.17) is 18.7 Å². The van der Waals surface area contributed by atoms with E-state index in [0.717, 1.165) is 36.1 Å².